The number of aromatic hydroxyl groups is 1. The average Bonchev–Trinajstić information content (AvgIpc) is 3.31. The molecule has 1 heterocycles. The molecule has 0 aliphatic carbocycles. The quantitative estimate of drug-likeness (QED) is 0.260. The molecule has 0 atom stereocenters. The van der Waals surface area contributed by atoms with Crippen molar-refractivity contribution in [2.75, 3.05) is 6.61 Å². The van der Waals surface area contributed by atoms with Crippen molar-refractivity contribution < 1.29 is 14.6 Å². The average molecular weight is 443 g/mol. The first-order valence-electron chi connectivity index (χ1n) is 10.8. The second-order valence-corrected chi connectivity index (χ2v) is 8.14. The minimum atomic E-state index is -0.432. The maximum Gasteiger partial charge on any atom is 0.289 e. The largest absolute Gasteiger partial charge is 0.507 e. The lowest BCUT2D eigenvalue weighted by Gasteiger charge is -2.08. The second kappa shape index (κ2) is 9.99. The number of phenols is 1. The summed E-state index contributed by atoms with van der Waals surface area (Å²) in [6, 6.07) is 20.3. The molecule has 3 aromatic carbocycles. The Kier molecular flexibility index (Phi) is 6.69. The normalized spacial score (nSPS) is 11.4. The first-order valence-corrected chi connectivity index (χ1v) is 10.8. The van der Waals surface area contributed by atoms with E-state index in [2.05, 4.69) is 34.6 Å². The lowest BCUT2D eigenvalue weighted by molar-refractivity contribution is 0.0950. The van der Waals surface area contributed by atoms with Gasteiger partial charge in [0, 0.05) is 11.1 Å². The molecule has 7 nitrogen and oxygen atoms in total. The van der Waals surface area contributed by atoms with Crippen LogP contribution in [0.2, 0.25) is 0 Å². The van der Waals surface area contributed by atoms with Gasteiger partial charge in [0.2, 0.25) is 0 Å². The van der Waals surface area contributed by atoms with Gasteiger partial charge in [0.25, 0.3) is 5.91 Å². The number of nitrogens with zero attached hydrogens (tertiary/aromatic N) is 2. The molecule has 0 fully saturated rings. The van der Waals surface area contributed by atoms with Gasteiger partial charge < -0.3 is 9.84 Å². The predicted molar refractivity (Wildman–Crippen MR) is 130 cm³/mol. The zero-order valence-corrected chi connectivity index (χ0v) is 18.6. The molecule has 33 heavy (non-hydrogen) atoms. The number of benzene rings is 3. The Morgan fingerprint density at radius 2 is 1.94 bits per heavy atom. The van der Waals surface area contributed by atoms with Crippen molar-refractivity contribution in [3.8, 4) is 22.8 Å². The number of aromatic amines is 1. The van der Waals surface area contributed by atoms with E-state index >= 15 is 0 Å². The summed E-state index contributed by atoms with van der Waals surface area (Å²) in [6.07, 6.45) is 2.44. The van der Waals surface area contributed by atoms with Crippen molar-refractivity contribution in [3.63, 3.8) is 0 Å². The van der Waals surface area contributed by atoms with Crippen LogP contribution in [0.3, 0.4) is 0 Å². The van der Waals surface area contributed by atoms with E-state index in [1.54, 1.807) is 12.1 Å². The molecule has 168 valence electrons. The van der Waals surface area contributed by atoms with Crippen molar-refractivity contribution in [3.05, 3.63) is 78.0 Å². The Morgan fingerprint density at radius 1 is 1.15 bits per heavy atom. The summed E-state index contributed by atoms with van der Waals surface area (Å²) in [7, 11) is 0. The highest BCUT2D eigenvalue weighted by Crippen LogP contribution is 2.25. The highest BCUT2D eigenvalue weighted by atomic mass is 16.5. The molecule has 0 saturated heterocycles. The van der Waals surface area contributed by atoms with Crippen molar-refractivity contribution >= 4 is 22.9 Å². The van der Waals surface area contributed by atoms with E-state index in [-0.39, 0.29) is 11.4 Å². The van der Waals surface area contributed by atoms with Crippen LogP contribution in [0.4, 0.5) is 0 Å². The number of amides is 1. The fraction of sp³-hybridized carbons (Fsp3) is 0.192. The minimum absolute atomic E-state index is 0.0900. The predicted octanol–water partition coefficient (Wildman–Crippen LogP) is 5.12. The molecule has 1 amide bonds. The third-order valence-electron chi connectivity index (χ3n) is 5.24. The van der Waals surface area contributed by atoms with Crippen LogP contribution in [-0.4, -0.2) is 34.0 Å². The lowest BCUT2D eigenvalue weighted by atomic mass is 10.0. The Bertz CT molecular complexity index is 1280. The summed E-state index contributed by atoms with van der Waals surface area (Å²) in [5, 5.41) is 23.0. The molecule has 0 bridgehead atoms. The monoisotopic (exact) mass is 442 g/mol. The maximum absolute atomic E-state index is 12.5. The molecular weight excluding hydrogens is 416 g/mol. The van der Waals surface area contributed by atoms with Gasteiger partial charge in [0.05, 0.1) is 18.5 Å². The van der Waals surface area contributed by atoms with Gasteiger partial charge >= 0.3 is 0 Å². The van der Waals surface area contributed by atoms with E-state index in [1.807, 2.05) is 54.6 Å². The topological polar surface area (TPSA) is 99.6 Å². The molecular formula is C26H26N4O3. The summed E-state index contributed by atoms with van der Waals surface area (Å²) in [6.45, 7) is 5.01. The van der Waals surface area contributed by atoms with Crippen molar-refractivity contribution in [2.45, 2.75) is 20.3 Å². The lowest BCUT2D eigenvalue weighted by Crippen LogP contribution is -2.18. The fourth-order valence-corrected chi connectivity index (χ4v) is 3.36. The Labute approximate surface area is 192 Å². The number of fused-ring (bicyclic) bond motifs is 1. The van der Waals surface area contributed by atoms with Crippen LogP contribution in [-0.2, 0) is 0 Å². The van der Waals surface area contributed by atoms with Crippen LogP contribution >= 0.6 is 0 Å². The number of carbonyl (C=O) groups is 1. The van der Waals surface area contributed by atoms with E-state index < -0.39 is 5.91 Å². The molecule has 4 rings (SSSR count). The summed E-state index contributed by atoms with van der Waals surface area (Å²) in [4.78, 5) is 12.5. The smallest absolute Gasteiger partial charge is 0.289 e. The molecule has 0 radical (unpaired) electrons. The highest BCUT2D eigenvalue weighted by molar-refractivity contribution is 6.03. The molecule has 0 aliphatic rings. The molecule has 0 aliphatic heterocycles. The van der Waals surface area contributed by atoms with Gasteiger partial charge in [-0.15, -0.1) is 0 Å². The molecule has 1 aromatic heterocycles. The number of aromatic nitrogens is 2. The number of carbonyl (C=O) groups excluding carboxylic acids is 1. The second-order valence-electron chi connectivity index (χ2n) is 8.14. The van der Waals surface area contributed by atoms with Crippen LogP contribution < -0.4 is 10.2 Å². The molecule has 4 aromatic rings. The van der Waals surface area contributed by atoms with Crippen LogP contribution in [0.5, 0.6) is 11.5 Å². The van der Waals surface area contributed by atoms with Gasteiger partial charge in [-0.05, 0) is 59.5 Å². The third kappa shape index (κ3) is 5.38. The number of hydrazone groups is 1. The van der Waals surface area contributed by atoms with Gasteiger partial charge in [-0.2, -0.15) is 10.2 Å². The summed E-state index contributed by atoms with van der Waals surface area (Å²) >= 11 is 0. The Balaban J connectivity index is 1.40. The van der Waals surface area contributed by atoms with Crippen molar-refractivity contribution in [2.24, 2.45) is 11.0 Å². The van der Waals surface area contributed by atoms with Crippen LogP contribution in [0.1, 0.15) is 36.3 Å². The van der Waals surface area contributed by atoms with E-state index in [1.165, 1.54) is 6.21 Å². The first-order chi connectivity index (χ1) is 16.0. The number of phenolic OH excluding ortho intramolecular Hbond substituents is 1. The van der Waals surface area contributed by atoms with E-state index in [9.17, 15) is 9.90 Å². The van der Waals surface area contributed by atoms with Crippen LogP contribution in [0.25, 0.3) is 22.0 Å². The zero-order valence-electron chi connectivity index (χ0n) is 18.6. The van der Waals surface area contributed by atoms with Gasteiger partial charge in [-0.1, -0.05) is 44.2 Å². The van der Waals surface area contributed by atoms with Crippen molar-refractivity contribution in [1.29, 1.82) is 0 Å². The SMILES string of the molecule is CC(C)CCOc1ccc(-c2cc(C(=O)N/N=C/c3c(O)ccc4ccccc34)[nH]n2)cc1. The number of nitrogens with one attached hydrogen (secondary N) is 2. The summed E-state index contributed by atoms with van der Waals surface area (Å²) in [5.41, 5.74) is 4.80. The number of rotatable bonds is 8. The molecule has 7 heteroatoms. The number of hydrogen-bond acceptors (Lipinski definition) is 5. The minimum Gasteiger partial charge on any atom is -0.507 e. The molecule has 0 saturated carbocycles. The third-order valence-corrected chi connectivity index (χ3v) is 5.24. The molecule has 3 N–H and O–H groups in total. The summed E-state index contributed by atoms with van der Waals surface area (Å²) < 4.78 is 5.74. The standard InChI is InChI=1S/C26H26N4O3/c1-17(2)13-14-33-20-10-7-19(8-11-20)23-15-24(29-28-23)26(32)30-27-16-22-21-6-4-3-5-18(21)9-12-25(22)31/h3-12,15-17,31H,13-14H2,1-2H3,(H,28,29)(H,30,32)/b27-16+. The Morgan fingerprint density at radius 3 is 2.73 bits per heavy atom. The zero-order chi connectivity index (χ0) is 23.2. The summed E-state index contributed by atoms with van der Waals surface area (Å²) in [5.74, 6) is 1.06. The fourth-order valence-electron chi connectivity index (χ4n) is 3.36. The molecule has 0 spiro atoms. The van der Waals surface area contributed by atoms with E-state index in [0.29, 0.717) is 23.8 Å². The van der Waals surface area contributed by atoms with Crippen LogP contribution in [0, 0.1) is 5.92 Å². The van der Waals surface area contributed by atoms with Gasteiger partial charge in [0.15, 0.2) is 0 Å². The van der Waals surface area contributed by atoms with Crippen molar-refractivity contribution in [1.82, 2.24) is 15.6 Å². The van der Waals surface area contributed by atoms with Gasteiger partial charge in [-0.25, -0.2) is 5.43 Å². The van der Waals surface area contributed by atoms with E-state index in [0.717, 1.165) is 28.5 Å². The van der Waals surface area contributed by atoms with E-state index in [4.69, 9.17) is 4.74 Å². The maximum atomic E-state index is 12.5. The number of H-pyrrole nitrogens is 1. The van der Waals surface area contributed by atoms with Gasteiger partial charge in [0.1, 0.15) is 17.2 Å². The van der Waals surface area contributed by atoms with Gasteiger partial charge in [-0.3, -0.25) is 9.89 Å². The number of hydrogen-bond donors (Lipinski definition) is 3. The van der Waals surface area contributed by atoms with Crippen LogP contribution in [0.15, 0.2) is 71.8 Å². The number of ether oxygens (including phenoxy) is 1. The Hall–Kier alpha value is -4.13. The first kappa shape index (κ1) is 22.1. The molecule has 0 unspecified atom stereocenters. The highest BCUT2D eigenvalue weighted by Gasteiger charge is 2.11.